The molecule has 1 amide bonds. The Bertz CT molecular complexity index is 412. The van der Waals surface area contributed by atoms with Crippen LogP contribution in [-0.2, 0) is 19.1 Å². The topological polar surface area (TPSA) is 102 Å². The number of rotatable bonds is 6. The minimum absolute atomic E-state index is 0.00280. The first-order valence-corrected chi connectivity index (χ1v) is 7.38. The molecule has 0 heterocycles. The van der Waals surface area contributed by atoms with Gasteiger partial charge in [0, 0.05) is 0 Å². The van der Waals surface area contributed by atoms with Gasteiger partial charge < -0.3 is 19.9 Å². The van der Waals surface area contributed by atoms with Crippen LogP contribution < -0.4 is 5.32 Å². The molecule has 0 saturated heterocycles. The number of alkyl carbamates (subject to hydrolysis) is 1. The minimum Gasteiger partial charge on any atom is -0.480 e. The highest BCUT2D eigenvalue weighted by atomic mass is 16.6. The molecule has 0 unspecified atom stereocenters. The van der Waals surface area contributed by atoms with Crippen LogP contribution in [0.1, 0.15) is 44.9 Å². The van der Waals surface area contributed by atoms with Crippen molar-refractivity contribution in [3.8, 4) is 0 Å². The Balaban J connectivity index is 1.58. The third kappa shape index (κ3) is 4.34. The summed E-state index contributed by atoms with van der Waals surface area (Å²) in [6.07, 6.45) is 5.03. The van der Waals surface area contributed by atoms with Gasteiger partial charge in [0.05, 0.1) is 5.92 Å². The third-order valence-corrected chi connectivity index (χ3v) is 4.00. The van der Waals surface area contributed by atoms with E-state index in [9.17, 15) is 14.4 Å². The van der Waals surface area contributed by atoms with Gasteiger partial charge in [0.2, 0.25) is 0 Å². The van der Waals surface area contributed by atoms with Gasteiger partial charge in [-0.2, -0.15) is 0 Å². The van der Waals surface area contributed by atoms with Crippen molar-refractivity contribution in [2.75, 3.05) is 13.2 Å². The number of carbonyl (C=O) groups is 3. The van der Waals surface area contributed by atoms with Crippen LogP contribution in [0, 0.1) is 5.92 Å². The molecule has 0 aromatic carbocycles. The lowest BCUT2D eigenvalue weighted by molar-refractivity contribution is -0.150. The van der Waals surface area contributed by atoms with Crippen molar-refractivity contribution in [1.29, 1.82) is 0 Å². The highest BCUT2D eigenvalue weighted by molar-refractivity contribution is 5.87. The smallest absolute Gasteiger partial charge is 0.408 e. The van der Waals surface area contributed by atoms with Crippen LogP contribution in [0.4, 0.5) is 4.79 Å². The van der Waals surface area contributed by atoms with Crippen LogP contribution in [-0.4, -0.2) is 41.9 Å². The first-order valence-electron chi connectivity index (χ1n) is 7.38. The van der Waals surface area contributed by atoms with Crippen LogP contribution in [0.15, 0.2) is 0 Å². The maximum Gasteiger partial charge on any atom is 0.408 e. The number of hydrogen-bond acceptors (Lipinski definition) is 5. The van der Waals surface area contributed by atoms with E-state index in [2.05, 4.69) is 5.32 Å². The molecule has 2 aliphatic carbocycles. The first kappa shape index (κ1) is 15.6. The summed E-state index contributed by atoms with van der Waals surface area (Å²) in [5.74, 6) is -1.32. The second-order valence-electron chi connectivity index (χ2n) is 5.65. The molecule has 2 aliphatic rings. The molecule has 2 fully saturated rings. The average Bonchev–Trinajstić information content (AvgIpc) is 3.25. The zero-order valence-corrected chi connectivity index (χ0v) is 11.9. The number of carboxylic acids is 1. The van der Waals surface area contributed by atoms with Gasteiger partial charge >= 0.3 is 18.0 Å². The van der Waals surface area contributed by atoms with Gasteiger partial charge in [-0.25, -0.2) is 9.59 Å². The van der Waals surface area contributed by atoms with E-state index in [0.717, 1.165) is 25.7 Å². The molecule has 2 rings (SSSR count). The number of nitrogens with one attached hydrogen (secondary N) is 1. The van der Waals surface area contributed by atoms with Crippen molar-refractivity contribution in [3.05, 3.63) is 0 Å². The Morgan fingerprint density at radius 1 is 1.05 bits per heavy atom. The Morgan fingerprint density at radius 3 is 2.24 bits per heavy atom. The lowest BCUT2D eigenvalue weighted by Gasteiger charge is -2.19. The molecule has 0 bridgehead atoms. The van der Waals surface area contributed by atoms with E-state index in [4.69, 9.17) is 14.6 Å². The van der Waals surface area contributed by atoms with Crippen molar-refractivity contribution in [2.24, 2.45) is 5.92 Å². The van der Waals surface area contributed by atoms with Crippen LogP contribution in [0.5, 0.6) is 0 Å². The van der Waals surface area contributed by atoms with E-state index in [1.807, 2.05) is 0 Å². The van der Waals surface area contributed by atoms with Gasteiger partial charge in [0.25, 0.3) is 0 Å². The number of carbonyl (C=O) groups excluding carboxylic acids is 2. The second-order valence-corrected chi connectivity index (χ2v) is 5.65. The summed E-state index contributed by atoms with van der Waals surface area (Å²) in [7, 11) is 0. The van der Waals surface area contributed by atoms with Crippen LogP contribution in [0.2, 0.25) is 0 Å². The lowest BCUT2D eigenvalue weighted by Crippen LogP contribution is -2.43. The second kappa shape index (κ2) is 6.78. The van der Waals surface area contributed by atoms with Gasteiger partial charge in [-0.1, -0.05) is 19.3 Å². The van der Waals surface area contributed by atoms with E-state index in [1.54, 1.807) is 0 Å². The highest BCUT2D eigenvalue weighted by Gasteiger charge is 2.52. The van der Waals surface area contributed by atoms with E-state index in [-0.39, 0.29) is 25.1 Å². The minimum atomic E-state index is -1.16. The molecular weight excluding hydrogens is 278 g/mol. The zero-order valence-electron chi connectivity index (χ0n) is 11.9. The van der Waals surface area contributed by atoms with Crippen LogP contribution >= 0.6 is 0 Å². The maximum absolute atomic E-state index is 11.7. The van der Waals surface area contributed by atoms with Crippen LogP contribution in [0.3, 0.4) is 0 Å². The molecule has 0 spiro atoms. The number of hydrogen-bond donors (Lipinski definition) is 2. The van der Waals surface area contributed by atoms with Gasteiger partial charge in [-0.3, -0.25) is 4.79 Å². The highest BCUT2D eigenvalue weighted by Crippen LogP contribution is 2.35. The largest absolute Gasteiger partial charge is 0.480 e. The quantitative estimate of drug-likeness (QED) is 0.568. The fourth-order valence-corrected chi connectivity index (χ4v) is 2.48. The Morgan fingerprint density at radius 2 is 1.67 bits per heavy atom. The standard InChI is InChI=1S/C14H21NO6/c16-11(10-4-2-1-3-5-10)20-8-9-21-13(19)15-14(6-7-14)12(17)18/h10H,1-9H2,(H,15,19)(H,17,18). The predicted octanol–water partition coefficient (Wildman–Crippen LogP) is 1.45. The van der Waals surface area contributed by atoms with Crippen molar-refractivity contribution in [1.82, 2.24) is 5.32 Å². The van der Waals surface area contributed by atoms with Gasteiger partial charge in [0.1, 0.15) is 18.8 Å². The molecule has 0 atom stereocenters. The molecule has 0 aromatic heterocycles. The zero-order chi connectivity index (χ0) is 15.3. The molecule has 2 N–H and O–H groups in total. The summed E-state index contributed by atoms with van der Waals surface area (Å²) < 4.78 is 9.88. The molecule has 7 heteroatoms. The molecule has 21 heavy (non-hydrogen) atoms. The molecule has 2 saturated carbocycles. The van der Waals surface area contributed by atoms with E-state index in [0.29, 0.717) is 12.8 Å². The first-order chi connectivity index (χ1) is 10.0. The summed E-state index contributed by atoms with van der Waals surface area (Å²) in [6, 6.07) is 0. The number of ether oxygens (including phenoxy) is 2. The van der Waals surface area contributed by atoms with Crippen LogP contribution in [0.25, 0.3) is 0 Å². The number of carboxylic acid groups (broad SMARTS) is 1. The predicted molar refractivity (Wildman–Crippen MR) is 71.6 cm³/mol. The molecule has 118 valence electrons. The number of esters is 1. The Kier molecular flexibility index (Phi) is 5.03. The summed E-state index contributed by atoms with van der Waals surface area (Å²) >= 11 is 0. The van der Waals surface area contributed by atoms with Crippen molar-refractivity contribution in [3.63, 3.8) is 0 Å². The third-order valence-electron chi connectivity index (χ3n) is 4.00. The normalized spacial score (nSPS) is 20.4. The molecule has 0 aliphatic heterocycles. The van der Waals surface area contributed by atoms with E-state index < -0.39 is 17.6 Å². The molecule has 0 aromatic rings. The monoisotopic (exact) mass is 299 g/mol. The Hall–Kier alpha value is -1.79. The average molecular weight is 299 g/mol. The Labute approximate surface area is 123 Å². The summed E-state index contributed by atoms with van der Waals surface area (Å²) in [5.41, 5.74) is -1.16. The van der Waals surface area contributed by atoms with Crippen molar-refractivity contribution in [2.45, 2.75) is 50.5 Å². The van der Waals surface area contributed by atoms with Gasteiger partial charge in [0.15, 0.2) is 0 Å². The summed E-state index contributed by atoms with van der Waals surface area (Å²) in [6.45, 7) is -0.0666. The van der Waals surface area contributed by atoms with Gasteiger partial charge in [-0.15, -0.1) is 0 Å². The fraction of sp³-hybridized carbons (Fsp3) is 0.786. The molecular formula is C14H21NO6. The van der Waals surface area contributed by atoms with E-state index >= 15 is 0 Å². The summed E-state index contributed by atoms with van der Waals surface area (Å²) in [4.78, 5) is 34.0. The van der Waals surface area contributed by atoms with Crippen molar-refractivity contribution < 1.29 is 29.0 Å². The SMILES string of the molecule is O=C(NC1(C(=O)O)CC1)OCCOC(=O)C1CCCCC1. The van der Waals surface area contributed by atoms with E-state index in [1.165, 1.54) is 6.42 Å². The van der Waals surface area contributed by atoms with Gasteiger partial charge in [-0.05, 0) is 25.7 Å². The maximum atomic E-state index is 11.7. The molecule has 7 nitrogen and oxygen atoms in total. The number of aliphatic carboxylic acids is 1. The fourth-order valence-electron chi connectivity index (χ4n) is 2.48. The molecule has 0 radical (unpaired) electrons. The number of amides is 1. The summed E-state index contributed by atoms with van der Waals surface area (Å²) in [5, 5.41) is 11.2. The lowest BCUT2D eigenvalue weighted by atomic mass is 9.89. The van der Waals surface area contributed by atoms with Crippen molar-refractivity contribution >= 4 is 18.0 Å².